The normalized spacial score (nSPS) is 16.9. The number of hydrogen-bond donors (Lipinski definition) is 2. The molecular weight excluding hydrogens is 408 g/mol. The summed E-state index contributed by atoms with van der Waals surface area (Å²) in [5, 5.41) is 6.84. The zero-order chi connectivity index (χ0) is 21.2. The van der Waals surface area contributed by atoms with Gasteiger partial charge in [-0.3, -0.25) is 0 Å². The van der Waals surface area contributed by atoms with Crippen molar-refractivity contribution >= 4 is 40.6 Å². The van der Waals surface area contributed by atoms with E-state index in [4.69, 9.17) is 33.3 Å². The van der Waals surface area contributed by atoms with Gasteiger partial charge in [-0.15, -0.1) is 0 Å². The standard InChI is InChI=1S/C22H25ClN2O3S/c1-13-20(29)24-18-12-15(8-9-19(18)27-13)17(25-21(26)28-22(2,3)4)11-14-6-5-7-16(23)10-14/h5-10,12-13,17H,11H2,1-4H3,(H,24,29)(H,25,26). The van der Waals surface area contributed by atoms with E-state index in [-0.39, 0.29) is 12.1 Å². The van der Waals surface area contributed by atoms with Crippen molar-refractivity contribution < 1.29 is 14.3 Å². The fraction of sp³-hybridized carbons (Fsp3) is 0.364. The van der Waals surface area contributed by atoms with E-state index in [0.717, 1.165) is 22.6 Å². The highest BCUT2D eigenvalue weighted by molar-refractivity contribution is 7.80. The fourth-order valence-electron chi connectivity index (χ4n) is 3.04. The second kappa shape index (κ2) is 8.59. The van der Waals surface area contributed by atoms with E-state index in [1.54, 1.807) is 0 Å². The SMILES string of the molecule is CC1Oc2ccc(C(Cc3cccc(Cl)c3)NC(=O)OC(C)(C)C)cc2NC1=S. The van der Waals surface area contributed by atoms with Crippen molar-refractivity contribution in [3.63, 3.8) is 0 Å². The van der Waals surface area contributed by atoms with Gasteiger partial charge in [-0.1, -0.05) is 42.0 Å². The van der Waals surface area contributed by atoms with Gasteiger partial charge in [0, 0.05) is 5.02 Å². The lowest BCUT2D eigenvalue weighted by molar-refractivity contribution is 0.0503. The molecule has 1 aliphatic rings. The number of hydrogen-bond acceptors (Lipinski definition) is 4. The van der Waals surface area contributed by atoms with E-state index in [9.17, 15) is 4.79 Å². The van der Waals surface area contributed by atoms with Crippen LogP contribution in [-0.4, -0.2) is 22.8 Å². The first-order valence-corrected chi connectivity index (χ1v) is 10.2. The Balaban J connectivity index is 1.89. The second-order valence-corrected chi connectivity index (χ2v) is 8.91. The summed E-state index contributed by atoms with van der Waals surface area (Å²) in [7, 11) is 0. The van der Waals surface area contributed by atoms with E-state index >= 15 is 0 Å². The Hall–Kier alpha value is -2.31. The Bertz CT molecular complexity index is 927. The number of nitrogens with one attached hydrogen (secondary N) is 2. The maximum absolute atomic E-state index is 12.5. The number of anilines is 1. The summed E-state index contributed by atoms with van der Waals surface area (Å²) in [5.74, 6) is 0.730. The summed E-state index contributed by atoms with van der Waals surface area (Å²) in [6.45, 7) is 7.40. The molecule has 2 atom stereocenters. The summed E-state index contributed by atoms with van der Waals surface area (Å²) in [5.41, 5.74) is 2.11. The van der Waals surface area contributed by atoms with Crippen molar-refractivity contribution in [2.45, 2.75) is 51.9 Å². The largest absolute Gasteiger partial charge is 0.481 e. The summed E-state index contributed by atoms with van der Waals surface area (Å²) < 4.78 is 11.3. The topological polar surface area (TPSA) is 59.6 Å². The average molecular weight is 433 g/mol. The van der Waals surface area contributed by atoms with Gasteiger partial charge in [0.2, 0.25) is 0 Å². The number of halogens is 1. The van der Waals surface area contributed by atoms with Gasteiger partial charge in [0.25, 0.3) is 0 Å². The van der Waals surface area contributed by atoms with Crippen molar-refractivity contribution in [1.29, 1.82) is 0 Å². The van der Waals surface area contributed by atoms with Gasteiger partial charge < -0.3 is 20.1 Å². The first-order valence-electron chi connectivity index (χ1n) is 9.46. The van der Waals surface area contributed by atoms with E-state index in [0.29, 0.717) is 16.4 Å². The van der Waals surface area contributed by atoms with E-state index in [1.165, 1.54) is 0 Å². The maximum Gasteiger partial charge on any atom is 0.408 e. The lowest BCUT2D eigenvalue weighted by Crippen LogP contribution is -2.36. The predicted octanol–water partition coefficient (Wildman–Crippen LogP) is 5.67. The summed E-state index contributed by atoms with van der Waals surface area (Å²) in [6.07, 6.45) is -0.0959. The molecule has 0 spiro atoms. The highest BCUT2D eigenvalue weighted by Crippen LogP contribution is 2.33. The zero-order valence-electron chi connectivity index (χ0n) is 16.9. The number of carbonyl (C=O) groups is 1. The summed E-state index contributed by atoms with van der Waals surface area (Å²) in [6, 6.07) is 13.0. The first-order chi connectivity index (χ1) is 13.6. The van der Waals surface area contributed by atoms with Gasteiger partial charge in [0.05, 0.1) is 11.7 Å². The number of ether oxygens (including phenoxy) is 2. The van der Waals surface area contributed by atoms with E-state index < -0.39 is 11.7 Å². The number of amides is 1. The van der Waals surface area contributed by atoms with Crippen LogP contribution in [0.25, 0.3) is 0 Å². The Morgan fingerprint density at radius 3 is 2.76 bits per heavy atom. The Labute approximate surface area is 181 Å². The quantitative estimate of drug-likeness (QED) is 0.609. The van der Waals surface area contributed by atoms with Crippen LogP contribution in [-0.2, 0) is 11.2 Å². The van der Waals surface area contributed by atoms with Gasteiger partial charge in [-0.05, 0) is 69.5 Å². The minimum absolute atomic E-state index is 0.175. The molecular formula is C22H25ClN2O3S. The zero-order valence-corrected chi connectivity index (χ0v) is 18.5. The van der Waals surface area contributed by atoms with E-state index in [1.807, 2.05) is 70.2 Å². The molecule has 0 saturated heterocycles. The predicted molar refractivity (Wildman–Crippen MR) is 120 cm³/mol. The number of fused-ring (bicyclic) bond motifs is 1. The molecule has 0 aromatic heterocycles. The average Bonchev–Trinajstić information content (AvgIpc) is 2.60. The summed E-state index contributed by atoms with van der Waals surface area (Å²) >= 11 is 11.5. The van der Waals surface area contributed by atoms with Gasteiger partial charge in [0.1, 0.15) is 22.4 Å². The molecule has 29 heavy (non-hydrogen) atoms. The Morgan fingerprint density at radius 1 is 1.31 bits per heavy atom. The van der Waals surface area contributed by atoms with Gasteiger partial charge in [0.15, 0.2) is 0 Å². The van der Waals surface area contributed by atoms with Crippen LogP contribution in [0.3, 0.4) is 0 Å². The van der Waals surface area contributed by atoms with Crippen LogP contribution in [0.2, 0.25) is 5.02 Å². The van der Waals surface area contributed by atoms with Gasteiger partial charge in [-0.2, -0.15) is 0 Å². The van der Waals surface area contributed by atoms with Crippen LogP contribution in [0.5, 0.6) is 5.75 Å². The first kappa shape index (κ1) is 21.4. The molecule has 2 unspecified atom stereocenters. The van der Waals surface area contributed by atoms with Crippen LogP contribution in [0.1, 0.15) is 44.9 Å². The van der Waals surface area contributed by atoms with Crippen LogP contribution in [0.15, 0.2) is 42.5 Å². The second-order valence-electron chi connectivity index (χ2n) is 8.04. The molecule has 0 saturated carbocycles. The van der Waals surface area contributed by atoms with E-state index in [2.05, 4.69) is 10.6 Å². The van der Waals surface area contributed by atoms with Crippen molar-refractivity contribution in [2.75, 3.05) is 5.32 Å². The molecule has 0 fully saturated rings. The van der Waals surface area contributed by atoms with Gasteiger partial charge >= 0.3 is 6.09 Å². The molecule has 0 aliphatic carbocycles. The van der Waals surface area contributed by atoms with Crippen molar-refractivity contribution in [1.82, 2.24) is 5.32 Å². The monoisotopic (exact) mass is 432 g/mol. The molecule has 7 heteroatoms. The molecule has 1 amide bonds. The molecule has 3 rings (SSSR count). The molecule has 2 aromatic rings. The molecule has 1 heterocycles. The highest BCUT2D eigenvalue weighted by Gasteiger charge is 2.24. The lowest BCUT2D eigenvalue weighted by atomic mass is 9.98. The highest BCUT2D eigenvalue weighted by atomic mass is 35.5. The smallest absolute Gasteiger partial charge is 0.408 e. The minimum Gasteiger partial charge on any atom is -0.481 e. The molecule has 154 valence electrons. The summed E-state index contributed by atoms with van der Waals surface area (Å²) in [4.78, 5) is 13.1. The minimum atomic E-state index is -0.585. The lowest BCUT2D eigenvalue weighted by Gasteiger charge is -2.28. The van der Waals surface area contributed by atoms with Crippen LogP contribution in [0, 0.1) is 0 Å². The maximum atomic E-state index is 12.5. The third-order valence-electron chi connectivity index (χ3n) is 4.36. The van der Waals surface area contributed by atoms with Crippen LogP contribution >= 0.6 is 23.8 Å². The van der Waals surface area contributed by atoms with Crippen molar-refractivity contribution in [2.24, 2.45) is 0 Å². The van der Waals surface area contributed by atoms with Crippen molar-refractivity contribution in [3.8, 4) is 5.75 Å². The molecule has 1 aliphatic heterocycles. The number of alkyl carbamates (subject to hydrolysis) is 1. The fourth-order valence-corrected chi connectivity index (χ4v) is 3.42. The molecule has 5 nitrogen and oxygen atoms in total. The number of thiocarbonyl (C=S) groups is 1. The third kappa shape index (κ3) is 5.84. The van der Waals surface area contributed by atoms with Crippen LogP contribution in [0.4, 0.5) is 10.5 Å². The molecule has 0 bridgehead atoms. The number of carbonyl (C=O) groups excluding carboxylic acids is 1. The number of benzene rings is 2. The molecule has 2 N–H and O–H groups in total. The number of rotatable bonds is 4. The molecule has 2 aromatic carbocycles. The molecule has 0 radical (unpaired) electrons. The van der Waals surface area contributed by atoms with Crippen molar-refractivity contribution in [3.05, 3.63) is 58.6 Å². The van der Waals surface area contributed by atoms with Crippen LogP contribution < -0.4 is 15.4 Å². The Morgan fingerprint density at radius 2 is 2.07 bits per heavy atom. The van der Waals surface area contributed by atoms with Gasteiger partial charge in [-0.25, -0.2) is 4.79 Å². The Kier molecular flexibility index (Phi) is 6.34. The third-order valence-corrected chi connectivity index (χ3v) is 5.03.